The summed E-state index contributed by atoms with van der Waals surface area (Å²) >= 11 is 0. The van der Waals surface area contributed by atoms with Crippen LogP contribution in [0.1, 0.15) is 5.56 Å². The largest absolute Gasteiger partial charge is 0.500 e. The second kappa shape index (κ2) is 4.17. The molecule has 3 heteroatoms. The Morgan fingerprint density at radius 1 is 1.53 bits per heavy atom. The normalized spacial score (nSPS) is 18.6. The van der Waals surface area contributed by atoms with Crippen molar-refractivity contribution in [2.75, 3.05) is 11.9 Å². The van der Waals surface area contributed by atoms with Gasteiger partial charge in [0.1, 0.15) is 6.61 Å². The van der Waals surface area contributed by atoms with Crippen LogP contribution in [0.3, 0.4) is 0 Å². The van der Waals surface area contributed by atoms with Gasteiger partial charge in [0.15, 0.2) is 0 Å². The highest BCUT2D eigenvalue weighted by Gasteiger charge is 2.19. The number of aryl methyl sites for hydroxylation is 1. The fourth-order valence-electron chi connectivity index (χ4n) is 1.49. The lowest BCUT2D eigenvalue weighted by molar-refractivity contribution is -0.119. The summed E-state index contributed by atoms with van der Waals surface area (Å²) in [4.78, 5) is 11.7. The van der Waals surface area contributed by atoms with Crippen molar-refractivity contribution in [2.45, 2.75) is 6.92 Å². The summed E-state index contributed by atoms with van der Waals surface area (Å²) in [6, 6.07) is 7.74. The molecule has 78 valence electrons. The van der Waals surface area contributed by atoms with E-state index in [-0.39, 0.29) is 11.8 Å². The van der Waals surface area contributed by atoms with Crippen LogP contribution in [-0.4, -0.2) is 12.5 Å². The Hall–Kier alpha value is -1.77. The maximum atomic E-state index is 11.7. The first-order chi connectivity index (χ1) is 7.25. The van der Waals surface area contributed by atoms with Gasteiger partial charge >= 0.3 is 0 Å². The second-order valence-corrected chi connectivity index (χ2v) is 3.63. The number of amides is 1. The number of ether oxygens (including phenoxy) is 1. The zero-order valence-electron chi connectivity index (χ0n) is 8.57. The predicted octanol–water partition coefficient (Wildman–Crippen LogP) is 2.09. The molecule has 0 radical (unpaired) electrons. The van der Waals surface area contributed by atoms with Crippen LogP contribution in [0.2, 0.25) is 0 Å². The number of rotatable bonds is 2. The van der Waals surface area contributed by atoms with E-state index < -0.39 is 0 Å². The van der Waals surface area contributed by atoms with E-state index in [0.717, 1.165) is 11.3 Å². The first-order valence-electron chi connectivity index (χ1n) is 4.91. The topological polar surface area (TPSA) is 38.3 Å². The van der Waals surface area contributed by atoms with Crippen LogP contribution < -0.4 is 5.32 Å². The lowest BCUT2D eigenvalue weighted by atomic mass is 10.1. The average Bonchev–Trinajstić information content (AvgIpc) is 2.70. The minimum Gasteiger partial charge on any atom is -0.500 e. The molecule has 1 aromatic carbocycles. The smallest absolute Gasteiger partial charge is 0.234 e. The molecule has 1 amide bonds. The average molecular weight is 203 g/mol. The van der Waals surface area contributed by atoms with Crippen LogP contribution in [0.15, 0.2) is 36.6 Å². The van der Waals surface area contributed by atoms with Gasteiger partial charge in [-0.05, 0) is 30.7 Å². The van der Waals surface area contributed by atoms with Gasteiger partial charge in [-0.15, -0.1) is 0 Å². The molecule has 1 atom stereocenters. The zero-order chi connectivity index (χ0) is 10.7. The highest BCUT2D eigenvalue weighted by Crippen LogP contribution is 2.14. The molecule has 1 unspecified atom stereocenters. The van der Waals surface area contributed by atoms with E-state index in [1.807, 2.05) is 31.2 Å². The standard InChI is InChI=1S/C12H13NO2/c1-9-3-2-4-11(7-9)13-12(14)10-5-6-15-8-10/h2-7,10H,8H2,1H3,(H,13,14). The minimum atomic E-state index is -0.162. The van der Waals surface area contributed by atoms with Gasteiger partial charge in [-0.2, -0.15) is 0 Å². The summed E-state index contributed by atoms with van der Waals surface area (Å²) in [5.74, 6) is -0.181. The molecular weight excluding hydrogens is 190 g/mol. The summed E-state index contributed by atoms with van der Waals surface area (Å²) in [5.41, 5.74) is 1.96. The van der Waals surface area contributed by atoms with Gasteiger partial charge in [-0.25, -0.2) is 0 Å². The van der Waals surface area contributed by atoms with E-state index in [9.17, 15) is 4.79 Å². The van der Waals surface area contributed by atoms with Crippen molar-refractivity contribution in [1.29, 1.82) is 0 Å². The lowest BCUT2D eigenvalue weighted by Crippen LogP contribution is -2.22. The van der Waals surface area contributed by atoms with Gasteiger partial charge < -0.3 is 10.1 Å². The number of benzene rings is 1. The summed E-state index contributed by atoms with van der Waals surface area (Å²) in [5, 5.41) is 2.85. The molecule has 0 saturated heterocycles. The first-order valence-corrected chi connectivity index (χ1v) is 4.91. The van der Waals surface area contributed by atoms with E-state index in [4.69, 9.17) is 4.74 Å². The van der Waals surface area contributed by atoms with Crippen LogP contribution >= 0.6 is 0 Å². The van der Waals surface area contributed by atoms with Crippen molar-refractivity contribution >= 4 is 11.6 Å². The molecule has 0 aliphatic carbocycles. The quantitative estimate of drug-likeness (QED) is 0.799. The van der Waals surface area contributed by atoms with Gasteiger partial charge in [-0.3, -0.25) is 4.79 Å². The summed E-state index contributed by atoms with van der Waals surface area (Å²) in [6.07, 6.45) is 3.34. The third-order valence-corrected chi connectivity index (χ3v) is 2.31. The van der Waals surface area contributed by atoms with Crippen molar-refractivity contribution in [3.63, 3.8) is 0 Å². The van der Waals surface area contributed by atoms with E-state index in [2.05, 4.69) is 5.32 Å². The molecule has 0 bridgehead atoms. The Labute approximate surface area is 88.8 Å². The van der Waals surface area contributed by atoms with E-state index in [0.29, 0.717) is 6.61 Å². The van der Waals surface area contributed by atoms with Crippen molar-refractivity contribution in [3.05, 3.63) is 42.2 Å². The number of hydrogen-bond acceptors (Lipinski definition) is 2. The van der Waals surface area contributed by atoms with Crippen molar-refractivity contribution < 1.29 is 9.53 Å². The second-order valence-electron chi connectivity index (χ2n) is 3.63. The third-order valence-electron chi connectivity index (χ3n) is 2.31. The number of carbonyl (C=O) groups is 1. The van der Waals surface area contributed by atoms with E-state index in [1.54, 1.807) is 12.3 Å². The molecule has 1 aromatic rings. The van der Waals surface area contributed by atoms with Crippen LogP contribution in [0.5, 0.6) is 0 Å². The van der Waals surface area contributed by atoms with Gasteiger partial charge in [0, 0.05) is 5.69 Å². The first kappa shape index (κ1) is 9.77. The van der Waals surface area contributed by atoms with Crippen LogP contribution in [-0.2, 0) is 9.53 Å². The number of hydrogen-bond donors (Lipinski definition) is 1. The Bertz CT molecular complexity index is 398. The molecule has 0 spiro atoms. The molecular formula is C12H13NO2. The van der Waals surface area contributed by atoms with Gasteiger partial charge in [0.25, 0.3) is 0 Å². The molecule has 0 fully saturated rings. The maximum absolute atomic E-state index is 11.7. The SMILES string of the molecule is Cc1cccc(NC(=O)C2C=COC2)c1. The molecule has 0 saturated carbocycles. The van der Waals surface area contributed by atoms with E-state index >= 15 is 0 Å². The van der Waals surface area contributed by atoms with Crippen LogP contribution in [0.25, 0.3) is 0 Å². The van der Waals surface area contributed by atoms with Gasteiger partial charge in [0.05, 0.1) is 12.2 Å². The van der Waals surface area contributed by atoms with E-state index in [1.165, 1.54) is 0 Å². The van der Waals surface area contributed by atoms with Crippen molar-refractivity contribution in [2.24, 2.45) is 5.92 Å². The minimum absolute atomic E-state index is 0.0191. The highest BCUT2D eigenvalue weighted by molar-refractivity contribution is 5.94. The van der Waals surface area contributed by atoms with Gasteiger partial charge in [-0.1, -0.05) is 12.1 Å². The molecule has 1 aliphatic rings. The Balaban J connectivity index is 2.02. The monoisotopic (exact) mass is 203 g/mol. The Morgan fingerprint density at radius 2 is 2.40 bits per heavy atom. The summed E-state index contributed by atoms with van der Waals surface area (Å²) in [6.45, 7) is 2.44. The zero-order valence-corrected chi connectivity index (χ0v) is 8.57. The lowest BCUT2D eigenvalue weighted by Gasteiger charge is -2.08. The van der Waals surface area contributed by atoms with Crippen molar-refractivity contribution in [1.82, 2.24) is 0 Å². The van der Waals surface area contributed by atoms with Crippen LogP contribution in [0.4, 0.5) is 5.69 Å². The highest BCUT2D eigenvalue weighted by atomic mass is 16.5. The number of carbonyl (C=O) groups excluding carboxylic acids is 1. The summed E-state index contributed by atoms with van der Waals surface area (Å²) < 4.78 is 5.00. The molecule has 1 N–H and O–H groups in total. The molecule has 2 rings (SSSR count). The Kier molecular flexibility index (Phi) is 2.72. The van der Waals surface area contributed by atoms with Crippen LogP contribution in [0, 0.1) is 12.8 Å². The number of anilines is 1. The summed E-state index contributed by atoms with van der Waals surface area (Å²) in [7, 11) is 0. The molecule has 1 heterocycles. The fourth-order valence-corrected chi connectivity index (χ4v) is 1.49. The predicted molar refractivity (Wildman–Crippen MR) is 58.4 cm³/mol. The molecule has 0 aromatic heterocycles. The fraction of sp³-hybridized carbons (Fsp3) is 0.250. The molecule has 15 heavy (non-hydrogen) atoms. The number of nitrogens with one attached hydrogen (secondary N) is 1. The third kappa shape index (κ3) is 2.37. The Morgan fingerprint density at radius 3 is 3.07 bits per heavy atom. The van der Waals surface area contributed by atoms with Crippen molar-refractivity contribution in [3.8, 4) is 0 Å². The molecule has 3 nitrogen and oxygen atoms in total. The van der Waals surface area contributed by atoms with Gasteiger partial charge in [0.2, 0.25) is 5.91 Å². The maximum Gasteiger partial charge on any atom is 0.234 e. The molecule has 1 aliphatic heterocycles.